The first kappa shape index (κ1) is 19.9. The van der Waals surface area contributed by atoms with Crippen LogP contribution in [0, 0.1) is 0 Å². The van der Waals surface area contributed by atoms with Crippen LogP contribution in [0.3, 0.4) is 0 Å². The Bertz CT molecular complexity index is 947. The van der Waals surface area contributed by atoms with E-state index >= 15 is 0 Å². The molecule has 3 heterocycles. The molecule has 1 N–H and O–H groups in total. The maximum atomic E-state index is 13.0. The zero-order valence-electron chi connectivity index (χ0n) is 16.2. The summed E-state index contributed by atoms with van der Waals surface area (Å²) in [4.78, 5) is 20.2. The molecule has 146 valence electrons. The summed E-state index contributed by atoms with van der Waals surface area (Å²) >= 11 is 1.60. The first-order valence-electron chi connectivity index (χ1n) is 8.63. The number of nitrogens with zero attached hydrogens (tertiary/aromatic N) is 4. The van der Waals surface area contributed by atoms with Crippen LogP contribution in [0.4, 0.5) is 10.8 Å². The van der Waals surface area contributed by atoms with E-state index in [1.54, 1.807) is 48.7 Å². The van der Waals surface area contributed by atoms with Gasteiger partial charge in [0.2, 0.25) is 0 Å². The monoisotopic (exact) mass is 398 g/mol. The first-order chi connectivity index (χ1) is 13.4. The highest BCUT2D eigenvalue weighted by Gasteiger charge is 2.33. The number of aromatic nitrogens is 1. The van der Waals surface area contributed by atoms with Gasteiger partial charge in [-0.15, -0.1) is 11.3 Å². The number of thiophene rings is 1. The van der Waals surface area contributed by atoms with Crippen LogP contribution >= 0.6 is 11.3 Å². The van der Waals surface area contributed by atoms with E-state index in [4.69, 9.17) is 4.74 Å². The molecule has 7 nitrogen and oxygen atoms in total. The van der Waals surface area contributed by atoms with Gasteiger partial charge >= 0.3 is 0 Å². The van der Waals surface area contributed by atoms with Crippen LogP contribution in [0.15, 0.2) is 58.9 Å². The van der Waals surface area contributed by atoms with Crippen molar-refractivity contribution in [2.45, 2.75) is 13.2 Å². The van der Waals surface area contributed by atoms with Crippen molar-refractivity contribution in [3.63, 3.8) is 0 Å². The molecule has 1 aliphatic rings. The molecule has 0 saturated heterocycles. The maximum Gasteiger partial charge on any atom is 0.282 e. The van der Waals surface area contributed by atoms with Gasteiger partial charge in [-0.1, -0.05) is 12.1 Å². The number of rotatable bonds is 6. The molecule has 0 radical (unpaired) electrons. The molecule has 0 saturated carbocycles. The van der Waals surface area contributed by atoms with Gasteiger partial charge in [-0.2, -0.15) is 10.1 Å². The summed E-state index contributed by atoms with van der Waals surface area (Å²) in [7, 11) is 5.34. The molecule has 0 aliphatic carbocycles. The predicted molar refractivity (Wildman–Crippen MR) is 113 cm³/mol. The topological polar surface area (TPSA) is 78.3 Å². The Morgan fingerprint density at radius 1 is 1.32 bits per heavy atom. The Morgan fingerprint density at radius 2 is 2.11 bits per heavy atom. The van der Waals surface area contributed by atoms with Crippen LogP contribution in [-0.4, -0.2) is 49.2 Å². The normalized spacial score (nSPS) is 17.2. The van der Waals surface area contributed by atoms with E-state index in [9.17, 15) is 9.90 Å². The molecule has 8 heteroatoms. The number of carbonyl (C=O) groups excluding carboxylic acids is 1. The number of pyridine rings is 1. The largest absolute Gasteiger partial charge is 0.370 e. The van der Waals surface area contributed by atoms with Gasteiger partial charge < -0.3 is 14.7 Å². The van der Waals surface area contributed by atoms with Gasteiger partial charge in [-0.25, -0.2) is 4.98 Å². The van der Waals surface area contributed by atoms with Gasteiger partial charge in [0.05, 0.1) is 16.3 Å². The summed E-state index contributed by atoms with van der Waals surface area (Å²) in [5, 5.41) is 17.0. The number of aliphatic hydroxyl groups is 1. The summed E-state index contributed by atoms with van der Waals surface area (Å²) in [6.45, 7) is 1.72. The van der Waals surface area contributed by atoms with Crippen molar-refractivity contribution in [2.75, 3.05) is 31.1 Å². The number of hydrazone groups is 1. The van der Waals surface area contributed by atoms with Gasteiger partial charge in [0.15, 0.2) is 12.1 Å². The second kappa shape index (κ2) is 8.47. The highest BCUT2D eigenvalue weighted by molar-refractivity contribution is 7.16. The van der Waals surface area contributed by atoms with Gasteiger partial charge in [0.1, 0.15) is 0 Å². The fourth-order valence-electron chi connectivity index (χ4n) is 2.73. The molecule has 1 unspecified atom stereocenters. The number of ether oxygens (including phenoxy) is 1. The number of anilines is 2. The lowest BCUT2D eigenvalue weighted by Crippen LogP contribution is -2.25. The molecule has 2 aromatic rings. The molecule has 0 aromatic carbocycles. The van der Waals surface area contributed by atoms with E-state index in [2.05, 4.69) is 10.1 Å². The average molecular weight is 398 g/mol. The quantitative estimate of drug-likeness (QED) is 0.598. The van der Waals surface area contributed by atoms with E-state index in [0.717, 1.165) is 9.88 Å². The molecule has 3 rings (SSSR count). The number of amides is 1. The molecular formula is C20H22N4O3S. The lowest BCUT2D eigenvalue weighted by Gasteiger charge is -2.14. The zero-order valence-corrected chi connectivity index (χ0v) is 17.0. The van der Waals surface area contributed by atoms with E-state index < -0.39 is 6.29 Å². The van der Waals surface area contributed by atoms with E-state index in [1.807, 2.05) is 37.2 Å². The van der Waals surface area contributed by atoms with E-state index in [-0.39, 0.29) is 5.91 Å². The number of aliphatic hydroxyl groups excluding tert-OH is 1. The third-order valence-corrected chi connectivity index (χ3v) is 5.36. The van der Waals surface area contributed by atoms with Gasteiger partial charge in [-0.05, 0) is 37.3 Å². The Balaban J connectivity index is 1.98. The maximum absolute atomic E-state index is 13.0. The number of methoxy groups -OCH3 is 1. The van der Waals surface area contributed by atoms with Crippen molar-refractivity contribution in [3.05, 3.63) is 58.6 Å². The minimum atomic E-state index is -1.25. The first-order valence-corrected chi connectivity index (χ1v) is 9.45. The van der Waals surface area contributed by atoms with Crippen LogP contribution in [0.1, 0.15) is 11.8 Å². The van der Waals surface area contributed by atoms with E-state index in [1.165, 1.54) is 12.1 Å². The summed E-state index contributed by atoms with van der Waals surface area (Å²) in [6.07, 6.45) is 3.90. The van der Waals surface area contributed by atoms with Gasteiger partial charge in [0.25, 0.3) is 5.91 Å². The highest BCUT2D eigenvalue weighted by Crippen LogP contribution is 2.28. The molecule has 1 atom stereocenters. The summed E-state index contributed by atoms with van der Waals surface area (Å²) in [5.74, 6) is 0.0677. The fraction of sp³-hybridized carbons (Fsp3) is 0.250. The minimum Gasteiger partial charge on any atom is -0.370 e. The summed E-state index contributed by atoms with van der Waals surface area (Å²) < 4.78 is 5.09. The molecule has 0 bridgehead atoms. The van der Waals surface area contributed by atoms with Crippen LogP contribution in [0.2, 0.25) is 0 Å². The van der Waals surface area contributed by atoms with Crippen LogP contribution in [0.5, 0.6) is 0 Å². The lowest BCUT2D eigenvalue weighted by molar-refractivity contribution is -0.114. The number of carbonyl (C=O) groups is 1. The van der Waals surface area contributed by atoms with Crippen molar-refractivity contribution in [3.8, 4) is 0 Å². The molecule has 1 aliphatic heterocycles. The number of hydrogen-bond donors (Lipinski definition) is 1. The number of hydrogen-bond acceptors (Lipinski definition) is 7. The summed E-state index contributed by atoms with van der Waals surface area (Å²) in [5.41, 5.74) is 1.15. The molecule has 2 aromatic heterocycles. The third-order valence-electron chi connectivity index (χ3n) is 4.14. The van der Waals surface area contributed by atoms with Gasteiger partial charge in [-0.3, -0.25) is 4.79 Å². The van der Waals surface area contributed by atoms with Crippen molar-refractivity contribution < 1.29 is 14.6 Å². The SMILES string of the molecule is COC(O)/C(C=Cc1ccc(N(C)C)s1)=C1\C(=O)N(c2ccccn2)N=C1C. The minimum absolute atomic E-state index is 0.306. The average Bonchev–Trinajstić information content (AvgIpc) is 3.28. The van der Waals surface area contributed by atoms with Crippen LogP contribution in [-0.2, 0) is 9.53 Å². The Morgan fingerprint density at radius 3 is 2.71 bits per heavy atom. The van der Waals surface area contributed by atoms with Crippen LogP contribution < -0.4 is 9.91 Å². The van der Waals surface area contributed by atoms with Crippen molar-refractivity contribution in [1.29, 1.82) is 0 Å². The fourth-order valence-corrected chi connectivity index (χ4v) is 3.57. The lowest BCUT2D eigenvalue weighted by atomic mass is 10.0. The molecule has 0 fully saturated rings. The molecular weight excluding hydrogens is 376 g/mol. The molecule has 28 heavy (non-hydrogen) atoms. The van der Waals surface area contributed by atoms with Gasteiger partial charge in [0, 0.05) is 37.9 Å². The summed E-state index contributed by atoms with van der Waals surface area (Å²) in [6, 6.07) is 9.25. The Hall–Kier alpha value is -2.81. The Labute approximate surface area is 167 Å². The second-order valence-corrected chi connectivity index (χ2v) is 7.41. The zero-order chi connectivity index (χ0) is 20.3. The second-order valence-electron chi connectivity index (χ2n) is 6.31. The molecule has 1 amide bonds. The predicted octanol–water partition coefficient (Wildman–Crippen LogP) is 2.91. The third kappa shape index (κ3) is 4.04. The Kier molecular flexibility index (Phi) is 6.03. The van der Waals surface area contributed by atoms with Crippen molar-refractivity contribution in [2.24, 2.45) is 5.10 Å². The highest BCUT2D eigenvalue weighted by atomic mass is 32.1. The van der Waals surface area contributed by atoms with Crippen molar-refractivity contribution >= 4 is 39.9 Å². The van der Waals surface area contributed by atoms with E-state index in [0.29, 0.717) is 22.7 Å². The molecule has 0 spiro atoms. The van der Waals surface area contributed by atoms with Crippen LogP contribution in [0.25, 0.3) is 6.08 Å². The van der Waals surface area contributed by atoms with Crippen molar-refractivity contribution in [1.82, 2.24) is 4.98 Å². The smallest absolute Gasteiger partial charge is 0.282 e. The standard InChI is InChI=1S/C20H22N4O3S/c1-13-18(19(25)24(22-13)16-7-5-6-12-21-16)15(20(26)27-4)10-8-14-9-11-17(28-14)23(2)3/h5-12,20,26H,1-4H3/b10-8?,18-15-.